The Bertz CT molecular complexity index is 558. The van der Waals surface area contributed by atoms with E-state index in [-0.39, 0.29) is 35.9 Å². The smallest absolute Gasteiger partial charge is 0.246 e. The van der Waals surface area contributed by atoms with E-state index >= 15 is 0 Å². The third-order valence-electron chi connectivity index (χ3n) is 3.15. The molecule has 1 aliphatic rings. The molecule has 8 heteroatoms. The number of nitrogens with two attached hydrogens (primary N) is 1. The topological polar surface area (TPSA) is 63.4 Å². The largest absolute Gasteiger partial charge is 0.326 e. The third kappa shape index (κ3) is 3.20. The van der Waals surface area contributed by atoms with Gasteiger partial charge in [0.05, 0.1) is 0 Å². The maximum Gasteiger partial charge on any atom is 0.246 e. The second-order valence-electron chi connectivity index (χ2n) is 4.54. The van der Waals surface area contributed by atoms with Gasteiger partial charge < -0.3 is 5.73 Å². The van der Waals surface area contributed by atoms with Gasteiger partial charge in [0.15, 0.2) is 0 Å². The monoisotopic (exact) mass is 328 g/mol. The van der Waals surface area contributed by atoms with Gasteiger partial charge in [-0.2, -0.15) is 4.31 Å². The van der Waals surface area contributed by atoms with E-state index in [1.807, 2.05) is 6.92 Å². The molecule has 0 aliphatic carbocycles. The second-order valence-corrected chi connectivity index (χ2v) is 6.88. The van der Waals surface area contributed by atoms with Gasteiger partial charge in [0.25, 0.3) is 0 Å². The van der Waals surface area contributed by atoms with Crippen LogP contribution in [0.4, 0.5) is 4.39 Å². The number of hydrogen-bond donors (Lipinski definition) is 1. The molecule has 1 aromatic rings. The molecule has 2 N–H and O–H groups in total. The lowest BCUT2D eigenvalue weighted by molar-refractivity contribution is 0.458. The van der Waals surface area contributed by atoms with Gasteiger partial charge in [-0.25, -0.2) is 12.8 Å². The Morgan fingerprint density at radius 2 is 2.05 bits per heavy atom. The van der Waals surface area contributed by atoms with Crippen LogP contribution in [0.2, 0.25) is 5.02 Å². The highest BCUT2D eigenvalue weighted by molar-refractivity contribution is 7.89. The molecule has 0 aromatic heterocycles. The summed E-state index contributed by atoms with van der Waals surface area (Å²) in [6, 6.07) is 3.27. The van der Waals surface area contributed by atoms with Gasteiger partial charge in [-0.1, -0.05) is 18.5 Å². The summed E-state index contributed by atoms with van der Waals surface area (Å²) in [7, 11) is -3.86. The van der Waals surface area contributed by atoms with Crippen LogP contribution in [0.15, 0.2) is 23.1 Å². The van der Waals surface area contributed by atoms with Crippen LogP contribution in [0, 0.1) is 11.7 Å². The van der Waals surface area contributed by atoms with Crippen molar-refractivity contribution in [3.05, 3.63) is 29.0 Å². The Balaban J connectivity index is 0.00000180. The van der Waals surface area contributed by atoms with E-state index in [1.54, 1.807) is 0 Å². The Morgan fingerprint density at radius 1 is 1.42 bits per heavy atom. The van der Waals surface area contributed by atoms with Crippen LogP contribution in [0.5, 0.6) is 0 Å². The average Bonchev–Trinajstić information content (AvgIpc) is 2.63. The Kier molecular flexibility index (Phi) is 5.20. The number of nitrogens with zero attached hydrogens (tertiary/aromatic N) is 1. The minimum Gasteiger partial charge on any atom is -0.326 e. The van der Waals surface area contributed by atoms with Crippen molar-refractivity contribution in [1.82, 2.24) is 4.31 Å². The third-order valence-corrected chi connectivity index (χ3v) is 5.23. The highest BCUT2D eigenvalue weighted by atomic mass is 35.5. The van der Waals surface area contributed by atoms with Crippen LogP contribution >= 0.6 is 24.0 Å². The zero-order valence-corrected chi connectivity index (χ0v) is 12.6. The first-order valence-electron chi connectivity index (χ1n) is 5.53. The lowest BCUT2D eigenvalue weighted by Gasteiger charge is -2.16. The van der Waals surface area contributed by atoms with E-state index in [4.69, 9.17) is 17.3 Å². The quantitative estimate of drug-likeness (QED) is 0.901. The number of benzene rings is 1. The van der Waals surface area contributed by atoms with Crippen molar-refractivity contribution >= 4 is 34.0 Å². The molecule has 0 bridgehead atoms. The summed E-state index contributed by atoms with van der Waals surface area (Å²) in [6.07, 6.45) is 0. The normalized spacial score (nSPS) is 24.2. The highest BCUT2D eigenvalue weighted by Crippen LogP contribution is 2.27. The van der Waals surface area contributed by atoms with Crippen molar-refractivity contribution in [2.45, 2.75) is 17.9 Å². The van der Waals surface area contributed by atoms with Crippen LogP contribution in [-0.2, 0) is 10.0 Å². The summed E-state index contributed by atoms with van der Waals surface area (Å²) < 4.78 is 39.4. The van der Waals surface area contributed by atoms with Crippen LogP contribution < -0.4 is 5.73 Å². The minimum absolute atomic E-state index is 0. The summed E-state index contributed by atoms with van der Waals surface area (Å²) in [5, 5.41) is 0.187. The molecule has 108 valence electrons. The first kappa shape index (κ1) is 16.7. The molecule has 19 heavy (non-hydrogen) atoms. The van der Waals surface area contributed by atoms with Crippen LogP contribution in [0.3, 0.4) is 0 Å². The Morgan fingerprint density at radius 3 is 2.58 bits per heavy atom. The van der Waals surface area contributed by atoms with E-state index < -0.39 is 20.7 Å². The summed E-state index contributed by atoms with van der Waals surface area (Å²) in [6.45, 7) is 2.37. The molecule has 0 radical (unpaired) electrons. The van der Waals surface area contributed by atoms with Gasteiger partial charge in [0, 0.05) is 24.2 Å². The van der Waals surface area contributed by atoms with E-state index in [0.717, 1.165) is 12.1 Å². The molecule has 1 aromatic carbocycles. The van der Waals surface area contributed by atoms with E-state index in [0.29, 0.717) is 6.54 Å². The van der Waals surface area contributed by atoms with Crippen LogP contribution in [-0.4, -0.2) is 31.9 Å². The van der Waals surface area contributed by atoms with Crippen molar-refractivity contribution in [3.8, 4) is 0 Å². The average molecular weight is 329 g/mol. The molecule has 4 nitrogen and oxygen atoms in total. The molecular formula is C11H15Cl2FN2O2S. The molecule has 1 saturated heterocycles. The van der Waals surface area contributed by atoms with Crippen molar-refractivity contribution in [3.63, 3.8) is 0 Å². The minimum atomic E-state index is -3.86. The molecule has 0 saturated carbocycles. The number of sulfonamides is 1. The molecule has 1 heterocycles. The fourth-order valence-electron chi connectivity index (χ4n) is 1.96. The maximum absolute atomic E-state index is 13.6. The van der Waals surface area contributed by atoms with E-state index in [2.05, 4.69) is 0 Å². The van der Waals surface area contributed by atoms with Crippen molar-refractivity contribution < 1.29 is 12.8 Å². The maximum atomic E-state index is 13.6. The molecule has 2 rings (SSSR count). The fourth-order valence-corrected chi connectivity index (χ4v) is 3.86. The van der Waals surface area contributed by atoms with Gasteiger partial charge in [0.2, 0.25) is 10.0 Å². The number of hydrogen-bond acceptors (Lipinski definition) is 3. The molecular weight excluding hydrogens is 314 g/mol. The lowest BCUT2D eigenvalue weighted by Crippen LogP contribution is -2.32. The van der Waals surface area contributed by atoms with Crippen molar-refractivity contribution in [1.29, 1.82) is 0 Å². The highest BCUT2D eigenvalue weighted by Gasteiger charge is 2.36. The lowest BCUT2D eigenvalue weighted by atomic mass is 10.1. The predicted molar refractivity (Wildman–Crippen MR) is 74.6 cm³/mol. The fraction of sp³-hybridized carbons (Fsp3) is 0.455. The first-order chi connectivity index (χ1) is 8.32. The van der Waals surface area contributed by atoms with Crippen LogP contribution in [0.1, 0.15) is 6.92 Å². The van der Waals surface area contributed by atoms with Gasteiger partial charge >= 0.3 is 0 Å². The van der Waals surface area contributed by atoms with Gasteiger partial charge in [0.1, 0.15) is 10.7 Å². The van der Waals surface area contributed by atoms with Crippen molar-refractivity contribution in [2.75, 3.05) is 13.1 Å². The van der Waals surface area contributed by atoms with E-state index in [9.17, 15) is 12.8 Å². The van der Waals surface area contributed by atoms with Crippen molar-refractivity contribution in [2.24, 2.45) is 11.7 Å². The molecule has 2 unspecified atom stereocenters. The molecule has 0 spiro atoms. The summed E-state index contributed by atoms with van der Waals surface area (Å²) in [4.78, 5) is -0.392. The molecule has 1 aliphatic heterocycles. The summed E-state index contributed by atoms with van der Waals surface area (Å²) >= 11 is 5.71. The second kappa shape index (κ2) is 5.93. The number of halogens is 3. The molecule has 1 fully saturated rings. The zero-order valence-electron chi connectivity index (χ0n) is 10.2. The summed E-state index contributed by atoms with van der Waals surface area (Å²) in [5.41, 5.74) is 5.79. The Labute approximate surface area is 123 Å². The Hall–Kier alpha value is -0.400. The van der Waals surface area contributed by atoms with Gasteiger partial charge in [-0.3, -0.25) is 0 Å². The molecule has 0 amide bonds. The van der Waals surface area contributed by atoms with Gasteiger partial charge in [-0.15, -0.1) is 12.4 Å². The van der Waals surface area contributed by atoms with Gasteiger partial charge in [-0.05, 0) is 24.1 Å². The first-order valence-corrected chi connectivity index (χ1v) is 7.35. The predicted octanol–water partition coefficient (Wildman–Crippen LogP) is 1.87. The standard InChI is InChI=1S/C11H14ClFN2O2S.ClH/c1-7-5-15(6-10(7)14)18(16,17)11-4-8(12)2-3-9(11)13;/h2-4,7,10H,5-6,14H2,1H3;1H. The zero-order chi connectivity index (χ0) is 13.5. The van der Waals surface area contributed by atoms with E-state index in [1.165, 1.54) is 10.4 Å². The number of rotatable bonds is 2. The summed E-state index contributed by atoms with van der Waals surface area (Å²) in [5.74, 6) is -0.741. The SMILES string of the molecule is CC1CN(S(=O)(=O)c2cc(Cl)ccc2F)CC1N.Cl. The van der Waals surface area contributed by atoms with Crippen LogP contribution in [0.25, 0.3) is 0 Å². The molecule has 2 atom stereocenters.